The lowest BCUT2D eigenvalue weighted by atomic mass is 10.1. The summed E-state index contributed by atoms with van der Waals surface area (Å²) in [4.78, 5) is 26.9. The number of halogens is 1. The van der Waals surface area contributed by atoms with E-state index in [1.165, 1.54) is 24.3 Å². The fraction of sp³-hybridized carbons (Fsp3) is 0.316. The Hall–Kier alpha value is -2.44. The lowest BCUT2D eigenvalue weighted by Gasteiger charge is -2.38. The fourth-order valence-corrected chi connectivity index (χ4v) is 3.52. The van der Waals surface area contributed by atoms with Gasteiger partial charge in [0.15, 0.2) is 0 Å². The highest BCUT2D eigenvalue weighted by molar-refractivity contribution is 6.31. The zero-order valence-corrected chi connectivity index (χ0v) is 15.2. The molecule has 1 aliphatic heterocycles. The van der Waals surface area contributed by atoms with Crippen molar-refractivity contribution in [1.29, 1.82) is 0 Å². The van der Waals surface area contributed by atoms with Crippen LogP contribution in [-0.2, 0) is 0 Å². The predicted octanol–water partition coefficient (Wildman–Crippen LogP) is 3.77. The smallest absolute Gasteiger partial charge is 0.269 e. The summed E-state index contributed by atoms with van der Waals surface area (Å²) in [6.07, 6.45) is 0. The molecule has 0 spiro atoms. The molecule has 7 heteroatoms. The number of piperazine rings is 1. The standard InChI is InChI=1S/C19H20ClN3O3/c1-14(17-4-2-3-5-18(17)20)21-10-12-22(13-11-21)19(24)15-6-8-16(9-7-15)23(25)26/h2-9,14H,10-13H2,1H3. The Morgan fingerprint density at radius 3 is 2.27 bits per heavy atom. The SMILES string of the molecule is CC(c1ccccc1Cl)N1CCN(C(=O)c2ccc([N+](=O)[O-])cc2)CC1. The van der Waals surface area contributed by atoms with Crippen molar-refractivity contribution in [2.24, 2.45) is 0 Å². The maximum atomic E-state index is 12.6. The van der Waals surface area contributed by atoms with Gasteiger partial charge in [0.05, 0.1) is 4.92 Å². The molecular weight excluding hydrogens is 354 g/mol. The number of hydrogen-bond donors (Lipinski definition) is 0. The van der Waals surface area contributed by atoms with Crippen LogP contribution in [0.3, 0.4) is 0 Å². The van der Waals surface area contributed by atoms with E-state index >= 15 is 0 Å². The molecular formula is C19H20ClN3O3. The number of hydrogen-bond acceptors (Lipinski definition) is 4. The topological polar surface area (TPSA) is 66.7 Å². The van der Waals surface area contributed by atoms with Crippen molar-refractivity contribution in [3.63, 3.8) is 0 Å². The molecule has 0 N–H and O–H groups in total. The highest BCUT2D eigenvalue weighted by Gasteiger charge is 2.26. The van der Waals surface area contributed by atoms with Crippen LogP contribution in [0.1, 0.15) is 28.9 Å². The van der Waals surface area contributed by atoms with Crippen molar-refractivity contribution in [3.05, 3.63) is 74.8 Å². The van der Waals surface area contributed by atoms with Crippen molar-refractivity contribution in [2.75, 3.05) is 26.2 Å². The third kappa shape index (κ3) is 3.86. The van der Waals surface area contributed by atoms with Gasteiger partial charge in [0.2, 0.25) is 0 Å². The molecule has 1 aliphatic rings. The first kappa shape index (κ1) is 18.4. The third-order valence-corrected chi connectivity index (χ3v) is 5.17. The van der Waals surface area contributed by atoms with Crippen LogP contribution in [0.2, 0.25) is 5.02 Å². The predicted molar refractivity (Wildman–Crippen MR) is 100 cm³/mol. The first-order valence-electron chi connectivity index (χ1n) is 8.49. The maximum Gasteiger partial charge on any atom is 0.269 e. The van der Waals surface area contributed by atoms with Crippen molar-refractivity contribution in [1.82, 2.24) is 9.80 Å². The van der Waals surface area contributed by atoms with Crippen molar-refractivity contribution < 1.29 is 9.72 Å². The second-order valence-corrected chi connectivity index (χ2v) is 6.74. The van der Waals surface area contributed by atoms with Gasteiger partial charge in [0.1, 0.15) is 0 Å². The molecule has 1 saturated heterocycles. The Balaban J connectivity index is 1.62. The van der Waals surface area contributed by atoms with Gasteiger partial charge in [-0.15, -0.1) is 0 Å². The van der Waals surface area contributed by atoms with E-state index in [-0.39, 0.29) is 17.6 Å². The molecule has 1 atom stereocenters. The Labute approximate surface area is 157 Å². The highest BCUT2D eigenvalue weighted by atomic mass is 35.5. The molecule has 26 heavy (non-hydrogen) atoms. The first-order chi connectivity index (χ1) is 12.5. The average Bonchev–Trinajstić information content (AvgIpc) is 2.67. The van der Waals surface area contributed by atoms with Crippen LogP contribution >= 0.6 is 11.6 Å². The Morgan fingerprint density at radius 2 is 1.69 bits per heavy atom. The number of rotatable bonds is 4. The van der Waals surface area contributed by atoms with Crippen LogP contribution in [0.5, 0.6) is 0 Å². The molecule has 0 aliphatic carbocycles. The Morgan fingerprint density at radius 1 is 1.08 bits per heavy atom. The maximum absolute atomic E-state index is 12.6. The van der Waals surface area contributed by atoms with E-state index in [0.717, 1.165) is 23.7 Å². The lowest BCUT2D eigenvalue weighted by Crippen LogP contribution is -2.49. The van der Waals surface area contributed by atoms with Gasteiger partial charge in [-0.1, -0.05) is 29.8 Å². The number of carbonyl (C=O) groups is 1. The summed E-state index contributed by atoms with van der Waals surface area (Å²) in [5, 5.41) is 11.5. The van der Waals surface area contributed by atoms with E-state index in [2.05, 4.69) is 11.8 Å². The number of amides is 1. The zero-order chi connectivity index (χ0) is 18.7. The van der Waals surface area contributed by atoms with Gasteiger partial charge in [-0.2, -0.15) is 0 Å². The number of nitro benzene ring substituents is 1. The summed E-state index contributed by atoms with van der Waals surface area (Å²) in [6.45, 7) is 4.86. The van der Waals surface area contributed by atoms with Crippen LogP contribution in [-0.4, -0.2) is 46.8 Å². The van der Waals surface area contributed by atoms with E-state index in [1.807, 2.05) is 24.3 Å². The molecule has 2 aromatic carbocycles. The lowest BCUT2D eigenvalue weighted by molar-refractivity contribution is -0.384. The van der Waals surface area contributed by atoms with Gasteiger partial charge in [0, 0.05) is 54.9 Å². The van der Waals surface area contributed by atoms with Crippen LogP contribution in [0.4, 0.5) is 5.69 Å². The average molecular weight is 374 g/mol. The molecule has 0 aromatic heterocycles. The minimum absolute atomic E-state index is 0.0140. The number of non-ortho nitro benzene ring substituents is 1. The second kappa shape index (κ2) is 7.85. The Kier molecular flexibility index (Phi) is 5.54. The highest BCUT2D eigenvalue weighted by Crippen LogP contribution is 2.28. The van der Waals surface area contributed by atoms with E-state index < -0.39 is 4.92 Å². The molecule has 2 aromatic rings. The summed E-state index contributed by atoms with van der Waals surface area (Å²) in [5.41, 5.74) is 1.55. The molecule has 3 rings (SSSR count). The molecule has 0 radical (unpaired) electrons. The number of nitro groups is 1. The van der Waals surface area contributed by atoms with Crippen molar-refractivity contribution in [2.45, 2.75) is 13.0 Å². The molecule has 0 bridgehead atoms. The van der Waals surface area contributed by atoms with Gasteiger partial charge < -0.3 is 4.90 Å². The fourth-order valence-electron chi connectivity index (χ4n) is 3.23. The molecule has 0 saturated carbocycles. The van der Waals surface area contributed by atoms with Crippen molar-refractivity contribution in [3.8, 4) is 0 Å². The minimum atomic E-state index is -0.469. The van der Waals surface area contributed by atoms with Crippen LogP contribution in [0.15, 0.2) is 48.5 Å². The quantitative estimate of drug-likeness (QED) is 0.604. The Bertz CT molecular complexity index is 802. The van der Waals surface area contributed by atoms with Crippen LogP contribution < -0.4 is 0 Å². The van der Waals surface area contributed by atoms with E-state index in [9.17, 15) is 14.9 Å². The molecule has 1 fully saturated rings. The normalized spacial score (nSPS) is 16.3. The van der Waals surface area contributed by atoms with Crippen LogP contribution in [0, 0.1) is 10.1 Å². The van der Waals surface area contributed by atoms with Crippen molar-refractivity contribution >= 4 is 23.2 Å². The molecule has 1 unspecified atom stereocenters. The number of benzene rings is 2. The second-order valence-electron chi connectivity index (χ2n) is 6.33. The number of nitrogens with zero attached hydrogens (tertiary/aromatic N) is 3. The van der Waals surface area contributed by atoms with Gasteiger partial charge in [-0.25, -0.2) is 0 Å². The van der Waals surface area contributed by atoms with Gasteiger partial charge in [0.25, 0.3) is 11.6 Å². The van der Waals surface area contributed by atoms with E-state index in [4.69, 9.17) is 11.6 Å². The summed E-state index contributed by atoms with van der Waals surface area (Å²) in [7, 11) is 0. The van der Waals surface area contributed by atoms with E-state index in [0.29, 0.717) is 18.7 Å². The number of carbonyl (C=O) groups excluding carboxylic acids is 1. The molecule has 1 amide bonds. The third-order valence-electron chi connectivity index (χ3n) is 4.83. The zero-order valence-electron chi connectivity index (χ0n) is 14.5. The summed E-state index contributed by atoms with van der Waals surface area (Å²) < 4.78 is 0. The van der Waals surface area contributed by atoms with E-state index in [1.54, 1.807) is 4.90 Å². The first-order valence-corrected chi connectivity index (χ1v) is 8.87. The largest absolute Gasteiger partial charge is 0.336 e. The van der Waals surface area contributed by atoms with Crippen LogP contribution in [0.25, 0.3) is 0 Å². The summed E-state index contributed by atoms with van der Waals surface area (Å²) in [6, 6.07) is 13.7. The summed E-state index contributed by atoms with van der Waals surface area (Å²) >= 11 is 6.29. The minimum Gasteiger partial charge on any atom is -0.336 e. The molecule has 136 valence electrons. The monoisotopic (exact) mass is 373 g/mol. The summed E-state index contributed by atoms with van der Waals surface area (Å²) in [5.74, 6) is -0.0926. The molecule has 1 heterocycles. The van der Waals surface area contributed by atoms with Gasteiger partial charge in [-0.05, 0) is 30.7 Å². The molecule has 6 nitrogen and oxygen atoms in total. The van der Waals surface area contributed by atoms with Gasteiger partial charge >= 0.3 is 0 Å². The van der Waals surface area contributed by atoms with Gasteiger partial charge in [-0.3, -0.25) is 19.8 Å².